The van der Waals surface area contributed by atoms with Crippen LogP contribution in [0.3, 0.4) is 0 Å². The number of carbonyl (C=O) groups is 1. The second kappa shape index (κ2) is 5.50. The van der Waals surface area contributed by atoms with Crippen LogP contribution in [0.15, 0.2) is 0 Å². The molecule has 0 spiro atoms. The van der Waals surface area contributed by atoms with E-state index in [-0.39, 0.29) is 6.10 Å². The number of rotatable bonds is 3. The minimum absolute atomic E-state index is 0.00778. The molecule has 3 nitrogen and oxygen atoms in total. The van der Waals surface area contributed by atoms with Gasteiger partial charge in [0.2, 0.25) is 0 Å². The van der Waals surface area contributed by atoms with Gasteiger partial charge >= 0.3 is 5.97 Å². The second-order valence-corrected chi connectivity index (χ2v) is 5.01. The van der Waals surface area contributed by atoms with Gasteiger partial charge in [-0.1, -0.05) is 27.2 Å². The Kier molecular flexibility index (Phi) is 4.58. The average molecular weight is 214 g/mol. The van der Waals surface area contributed by atoms with Gasteiger partial charge in [0, 0.05) is 0 Å². The van der Waals surface area contributed by atoms with E-state index < -0.39 is 12.6 Å². The summed E-state index contributed by atoms with van der Waals surface area (Å²) in [5.74, 6) is 1.13. The summed E-state index contributed by atoms with van der Waals surface area (Å²) in [5.41, 5.74) is 0. The topological polar surface area (TPSA) is 46.5 Å². The van der Waals surface area contributed by atoms with Gasteiger partial charge in [0.25, 0.3) is 0 Å². The van der Waals surface area contributed by atoms with Crippen molar-refractivity contribution in [2.75, 3.05) is 6.61 Å². The van der Waals surface area contributed by atoms with E-state index in [4.69, 9.17) is 9.84 Å². The predicted octanol–water partition coefficient (Wildman–Crippen LogP) is 1.98. The van der Waals surface area contributed by atoms with E-state index >= 15 is 0 Å². The van der Waals surface area contributed by atoms with Crippen LogP contribution in [0.5, 0.6) is 0 Å². The zero-order chi connectivity index (χ0) is 11.4. The maximum absolute atomic E-state index is 11.1. The first kappa shape index (κ1) is 12.5. The third-order valence-electron chi connectivity index (χ3n) is 3.37. The Balaban J connectivity index is 2.57. The minimum Gasteiger partial charge on any atom is -0.460 e. The summed E-state index contributed by atoms with van der Waals surface area (Å²) in [6.45, 7) is 6.02. The smallest absolute Gasteiger partial charge is 0.332 e. The molecule has 0 bridgehead atoms. The Morgan fingerprint density at radius 1 is 1.47 bits per heavy atom. The maximum Gasteiger partial charge on any atom is 0.332 e. The van der Waals surface area contributed by atoms with E-state index in [0.29, 0.717) is 17.8 Å². The van der Waals surface area contributed by atoms with Crippen molar-refractivity contribution in [1.29, 1.82) is 0 Å². The van der Waals surface area contributed by atoms with E-state index in [1.165, 1.54) is 6.42 Å². The zero-order valence-electron chi connectivity index (χ0n) is 9.90. The van der Waals surface area contributed by atoms with Gasteiger partial charge in [-0.05, 0) is 30.6 Å². The van der Waals surface area contributed by atoms with E-state index in [1.54, 1.807) is 0 Å². The van der Waals surface area contributed by atoms with E-state index in [1.807, 2.05) is 0 Å². The first-order valence-electron chi connectivity index (χ1n) is 5.85. The average Bonchev–Trinajstić information content (AvgIpc) is 2.17. The molecule has 15 heavy (non-hydrogen) atoms. The first-order chi connectivity index (χ1) is 7.04. The van der Waals surface area contributed by atoms with Gasteiger partial charge in [0.15, 0.2) is 0 Å². The SMILES string of the molecule is CC(C)[C@@H]1CC[C@H](C)C[C@@H]1OC(=O)CO. The fourth-order valence-corrected chi connectivity index (χ4v) is 2.46. The summed E-state index contributed by atoms with van der Waals surface area (Å²) in [5, 5.41) is 8.68. The lowest BCUT2D eigenvalue weighted by atomic mass is 9.75. The Morgan fingerprint density at radius 2 is 2.13 bits per heavy atom. The van der Waals surface area contributed by atoms with Crippen LogP contribution in [-0.2, 0) is 9.53 Å². The second-order valence-electron chi connectivity index (χ2n) is 5.01. The molecule has 1 aliphatic carbocycles. The number of aliphatic hydroxyl groups excluding tert-OH is 1. The summed E-state index contributed by atoms with van der Waals surface area (Å²) in [6.07, 6.45) is 3.29. The number of hydrogen-bond acceptors (Lipinski definition) is 3. The number of carbonyl (C=O) groups excluding carboxylic acids is 1. The molecule has 1 saturated carbocycles. The molecule has 88 valence electrons. The van der Waals surface area contributed by atoms with Gasteiger partial charge in [-0.3, -0.25) is 0 Å². The van der Waals surface area contributed by atoms with Crippen LogP contribution in [0.2, 0.25) is 0 Å². The largest absolute Gasteiger partial charge is 0.460 e. The van der Waals surface area contributed by atoms with Crippen LogP contribution in [-0.4, -0.2) is 23.8 Å². The standard InChI is InChI=1S/C12H22O3/c1-8(2)10-5-4-9(3)6-11(10)15-12(14)7-13/h8-11,13H,4-7H2,1-3H3/t9-,10-,11-/m0/s1. The van der Waals surface area contributed by atoms with Crippen LogP contribution >= 0.6 is 0 Å². The number of ether oxygens (including phenoxy) is 1. The van der Waals surface area contributed by atoms with Gasteiger partial charge in [-0.15, -0.1) is 0 Å². The Hall–Kier alpha value is -0.570. The van der Waals surface area contributed by atoms with Crippen molar-refractivity contribution in [3.8, 4) is 0 Å². The van der Waals surface area contributed by atoms with Crippen molar-refractivity contribution in [3.05, 3.63) is 0 Å². The lowest BCUT2D eigenvalue weighted by Gasteiger charge is -2.36. The Morgan fingerprint density at radius 3 is 2.67 bits per heavy atom. The van der Waals surface area contributed by atoms with Crippen LogP contribution in [0.4, 0.5) is 0 Å². The highest BCUT2D eigenvalue weighted by molar-refractivity contribution is 5.70. The molecule has 3 heteroatoms. The van der Waals surface area contributed by atoms with Crippen molar-refractivity contribution >= 4 is 5.97 Å². The van der Waals surface area contributed by atoms with Gasteiger partial charge in [0.05, 0.1) is 0 Å². The molecule has 0 aromatic carbocycles. The Bertz CT molecular complexity index is 213. The maximum atomic E-state index is 11.1. The Labute approximate surface area is 91.8 Å². The summed E-state index contributed by atoms with van der Waals surface area (Å²) >= 11 is 0. The molecular weight excluding hydrogens is 192 g/mol. The molecule has 0 unspecified atom stereocenters. The summed E-state index contributed by atoms with van der Waals surface area (Å²) in [6, 6.07) is 0. The van der Waals surface area contributed by atoms with Crippen molar-refractivity contribution in [3.63, 3.8) is 0 Å². The monoisotopic (exact) mass is 214 g/mol. The summed E-state index contributed by atoms with van der Waals surface area (Å²) in [4.78, 5) is 11.1. The highest BCUT2D eigenvalue weighted by Crippen LogP contribution is 2.35. The molecule has 0 amide bonds. The molecule has 1 rings (SSSR count). The van der Waals surface area contributed by atoms with E-state index in [2.05, 4.69) is 20.8 Å². The lowest BCUT2D eigenvalue weighted by Crippen LogP contribution is -2.36. The van der Waals surface area contributed by atoms with Crippen LogP contribution < -0.4 is 0 Å². The highest BCUT2D eigenvalue weighted by atomic mass is 16.6. The molecule has 0 radical (unpaired) electrons. The molecule has 0 heterocycles. The fraction of sp³-hybridized carbons (Fsp3) is 0.917. The minimum atomic E-state index is -0.504. The van der Waals surface area contributed by atoms with Crippen molar-refractivity contribution in [2.24, 2.45) is 17.8 Å². The molecule has 0 aromatic rings. The molecule has 1 fully saturated rings. The van der Waals surface area contributed by atoms with E-state index in [0.717, 1.165) is 12.8 Å². The molecule has 0 aromatic heterocycles. The van der Waals surface area contributed by atoms with Crippen LogP contribution in [0.1, 0.15) is 40.0 Å². The highest BCUT2D eigenvalue weighted by Gasteiger charge is 2.33. The number of aliphatic hydroxyl groups is 1. The van der Waals surface area contributed by atoms with Crippen LogP contribution in [0, 0.1) is 17.8 Å². The number of esters is 1. The molecule has 1 aliphatic rings. The zero-order valence-corrected chi connectivity index (χ0v) is 9.90. The van der Waals surface area contributed by atoms with Gasteiger partial charge in [-0.25, -0.2) is 4.79 Å². The van der Waals surface area contributed by atoms with Gasteiger partial charge in [-0.2, -0.15) is 0 Å². The van der Waals surface area contributed by atoms with Crippen molar-refractivity contribution in [2.45, 2.75) is 46.1 Å². The molecule has 1 N–H and O–H groups in total. The molecule has 3 atom stereocenters. The quantitative estimate of drug-likeness (QED) is 0.731. The first-order valence-corrected chi connectivity index (χ1v) is 5.85. The van der Waals surface area contributed by atoms with Gasteiger partial charge in [0.1, 0.15) is 12.7 Å². The summed E-state index contributed by atoms with van der Waals surface area (Å²) in [7, 11) is 0. The summed E-state index contributed by atoms with van der Waals surface area (Å²) < 4.78 is 5.30. The molecule has 0 saturated heterocycles. The normalized spacial score (nSPS) is 31.7. The van der Waals surface area contributed by atoms with Crippen molar-refractivity contribution < 1.29 is 14.6 Å². The predicted molar refractivity (Wildman–Crippen MR) is 58.3 cm³/mol. The van der Waals surface area contributed by atoms with E-state index in [9.17, 15) is 4.79 Å². The lowest BCUT2D eigenvalue weighted by molar-refractivity contribution is -0.159. The number of hydrogen-bond donors (Lipinski definition) is 1. The fourth-order valence-electron chi connectivity index (χ4n) is 2.46. The third kappa shape index (κ3) is 3.49. The third-order valence-corrected chi connectivity index (χ3v) is 3.37. The van der Waals surface area contributed by atoms with Crippen molar-refractivity contribution in [1.82, 2.24) is 0 Å². The van der Waals surface area contributed by atoms with Gasteiger partial charge < -0.3 is 9.84 Å². The molecule has 0 aliphatic heterocycles. The molecular formula is C12H22O3. The van der Waals surface area contributed by atoms with Crippen LogP contribution in [0.25, 0.3) is 0 Å².